The van der Waals surface area contributed by atoms with Crippen LogP contribution in [0.1, 0.15) is 26.2 Å². The van der Waals surface area contributed by atoms with Crippen molar-refractivity contribution in [3.63, 3.8) is 0 Å². The summed E-state index contributed by atoms with van der Waals surface area (Å²) in [6.45, 7) is 4.76. The van der Waals surface area contributed by atoms with Crippen LogP contribution in [0, 0.1) is 5.92 Å². The normalized spacial score (nSPS) is 25.9. The maximum absolute atomic E-state index is 12.2. The molecule has 0 unspecified atom stereocenters. The molecule has 102 valence electrons. The van der Waals surface area contributed by atoms with Crippen LogP contribution in [0.2, 0.25) is 0 Å². The molecule has 18 heavy (non-hydrogen) atoms. The lowest BCUT2D eigenvalue weighted by Gasteiger charge is -2.25. The van der Waals surface area contributed by atoms with Crippen LogP contribution in [0.5, 0.6) is 0 Å². The van der Waals surface area contributed by atoms with Crippen LogP contribution < -0.4 is 0 Å². The van der Waals surface area contributed by atoms with Gasteiger partial charge in [-0.2, -0.15) is 0 Å². The highest BCUT2D eigenvalue weighted by Gasteiger charge is 2.38. The molecule has 2 amide bonds. The molecule has 2 fully saturated rings. The molecule has 0 aromatic rings. The smallest absolute Gasteiger partial charge is 0.227 e. The van der Waals surface area contributed by atoms with Gasteiger partial charge >= 0.3 is 0 Å². The predicted molar refractivity (Wildman–Crippen MR) is 67.0 cm³/mol. The van der Waals surface area contributed by atoms with Crippen LogP contribution in [0.25, 0.3) is 0 Å². The number of carbonyl (C=O) groups is 2. The van der Waals surface area contributed by atoms with Crippen molar-refractivity contribution in [1.82, 2.24) is 9.80 Å². The lowest BCUT2D eigenvalue weighted by molar-refractivity contribution is -0.134. The second kappa shape index (κ2) is 5.69. The number of nitrogens with zero attached hydrogens (tertiary/aromatic N) is 2. The Morgan fingerprint density at radius 1 is 1.44 bits per heavy atom. The first-order chi connectivity index (χ1) is 8.63. The second-order valence-corrected chi connectivity index (χ2v) is 5.28. The number of carbonyl (C=O) groups excluding carboxylic acids is 2. The standard InChI is InChI=1S/C13H22N2O3/c1-10(9-18-2)15-8-11(7-12(15)16)13(17)14-5-3-4-6-14/h10-11H,3-9H2,1-2H3/t10-,11-/m1/s1. The molecule has 0 aromatic heterocycles. The summed E-state index contributed by atoms with van der Waals surface area (Å²) in [4.78, 5) is 27.8. The first-order valence-electron chi connectivity index (χ1n) is 6.70. The SMILES string of the molecule is COC[C@@H](C)N1C[C@H](C(=O)N2CCCC2)CC1=O. The van der Waals surface area contributed by atoms with E-state index in [0.29, 0.717) is 19.6 Å². The number of ether oxygens (including phenoxy) is 1. The molecular weight excluding hydrogens is 232 g/mol. The summed E-state index contributed by atoms with van der Waals surface area (Å²) in [6.07, 6.45) is 2.55. The third-order valence-electron chi connectivity index (χ3n) is 3.87. The van der Waals surface area contributed by atoms with Crippen LogP contribution in [0.4, 0.5) is 0 Å². The quantitative estimate of drug-likeness (QED) is 0.733. The fraction of sp³-hybridized carbons (Fsp3) is 0.846. The zero-order valence-electron chi connectivity index (χ0n) is 11.2. The van der Waals surface area contributed by atoms with E-state index >= 15 is 0 Å². The Bertz CT molecular complexity index is 326. The molecule has 2 heterocycles. The van der Waals surface area contributed by atoms with Gasteiger partial charge in [0.25, 0.3) is 0 Å². The molecule has 2 saturated heterocycles. The van der Waals surface area contributed by atoms with Crippen molar-refractivity contribution in [1.29, 1.82) is 0 Å². The Morgan fingerprint density at radius 3 is 2.72 bits per heavy atom. The fourth-order valence-corrected chi connectivity index (χ4v) is 2.85. The molecule has 0 aliphatic carbocycles. The van der Waals surface area contributed by atoms with Crippen molar-refractivity contribution in [2.45, 2.75) is 32.2 Å². The summed E-state index contributed by atoms with van der Waals surface area (Å²) in [5.41, 5.74) is 0. The molecule has 0 aromatic carbocycles. The zero-order chi connectivity index (χ0) is 13.1. The van der Waals surface area contributed by atoms with Crippen LogP contribution >= 0.6 is 0 Å². The number of hydrogen-bond donors (Lipinski definition) is 0. The molecule has 0 spiro atoms. The maximum Gasteiger partial charge on any atom is 0.227 e. The molecule has 5 nitrogen and oxygen atoms in total. The minimum Gasteiger partial charge on any atom is -0.383 e. The highest BCUT2D eigenvalue weighted by atomic mass is 16.5. The van der Waals surface area contributed by atoms with Gasteiger partial charge < -0.3 is 14.5 Å². The van der Waals surface area contributed by atoms with E-state index in [1.807, 2.05) is 11.8 Å². The van der Waals surface area contributed by atoms with E-state index in [1.165, 1.54) is 0 Å². The van der Waals surface area contributed by atoms with E-state index in [4.69, 9.17) is 4.74 Å². The largest absolute Gasteiger partial charge is 0.383 e. The fourth-order valence-electron chi connectivity index (χ4n) is 2.85. The molecule has 2 rings (SSSR count). The third-order valence-corrected chi connectivity index (χ3v) is 3.87. The summed E-state index contributed by atoms with van der Waals surface area (Å²) in [6, 6.07) is 0.0545. The van der Waals surface area contributed by atoms with Crippen LogP contribution in [-0.4, -0.2) is 61.0 Å². The molecule has 5 heteroatoms. The molecule has 2 aliphatic rings. The van der Waals surface area contributed by atoms with Crippen LogP contribution in [0.15, 0.2) is 0 Å². The maximum atomic E-state index is 12.2. The molecule has 0 radical (unpaired) electrons. The van der Waals surface area contributed by atoms with Gasteiger partial charge in [0.2, 0.25) is 11.8 Å². The minimum atomic E-state index is -0.144. The average molecular weight is 254 g/mol. The van der Waals surface area contributed by atoms with E-state index in [-0.39, 0.29) is 23.8 Å². The third kappa shape index (κ3) is 2.66. The number of methoxy groups -OCH3 is 1. The van der Waals surface area contributed by atoms with Crippen molar-refractivity contribution in [2.24, 2.45) is 5.92 Å². The Labute approximate surface area is 108 Å². The number of rotatable bonds is 4. The first-order valence-corrected chi connectivity index (χ1v) is 6.70. The summed E-state index contributed by atoms with van der Waals surface area (Å²) >= 11 is 0. The summed E-state index contributed by atoms with van der Waals surface area (Å²) < 4.78 is 5.07. The van der Waals surface area contributed by atoms with E-state index in [9.17, 15) is 9.59 Å². The summed E-state index contributed by atoms with van der Waals surface area (Å²) in [7, 11) is 1.63. The van der Waals surface area contributed by atoms with Gasteiger partial charge in [-0.1, -0.05) is 0 Å². The van der Waals surface area contributed by atoms with Gasteiger partial charge in [-0.25, -0.2) is 0 Å². The van der Waals surface area contributed by atoms with Crippen molar-refractivity contribution in [2.75, 3.05) is 33.4 Å². The van der Waals surface area contributed by atoms with E-state index in [1.54, 1.807) is 12.0 Å². The van der Waals surface area contributed by atoms with E-state index in [0.717, 1.165) is 25.9 Å². The summed E-state index contributed by atoms with van der Waals surface area (Å²) in [5.74, 6) is 0.0972. The minimum absolute atomic E-state index is 0.0545. The van der Waals surface area contributed by atoms with Crippen LogP contribution in [0.3, 0.4) is 0 Å². The summed E-state index contributed by atoms with van der Waals surface area (Å²) in [5, 5.41) is 0. The van der Waals surface area contributed by atoms with Crippen molar-refractivity contribution >= 4 is 11.8 Å². The molecule has 2 atom stereocenters. The van der Waals surface area contributed by atoms with E-state index in [2.05, 4.69) is 0 Å². The average Bonchev–Trinajstić information content (AvgIpc) is 2.97. The van der Waals surface area contributed by atoms with Crippen LogP contribution in [-0.2, 0) is 14.3 Å². The van der Waals surface area contributed by atoms with Crippen molar-refractivity contribution < 1.29 is 14.3 Å². The van der Waals surface area contributed by atoms with Gasteiger partial charge in [0.05, 0.1) is 18.6 Å². The highest BCUT2D eigenvalue weighted by molar-refractivity contribution is 5.89. The Morgan fingerprint density at radius 2 is 2.11 bits per heavy atom. The molecule has 0 N–H and O–H groups in total. The van der Waals surface area contributed by atoms with Gasteiger partial charge in [-0.3, -0.25) is 9.59 Å². The van der Waals surface area contributed by atoms with Crippen molar-refractivity contribution in [3.05, 3.63) is 0 Å². The molecule has 0 saturated carbocycles. The highest BCUT2D eigenvalue weighted by Crippen LogP contribution is 2.24. The Hall–Kier alpha value is -1.10. The molecule has 0 bridgehead atoms. The zero-order valence-corrected chi connectivity index (χ0v) is 11.2. The topological polar surface area (TPSA) is 49.9 Å². The van der Waals surface area contributed by atoms with Gasteiger partial charge in [0.15, 0.2) is 0 Å². The van der Waals surface area contributed by atoms with Gasteiger partial charge in [-0.15, -0.1) is 0 Å². The Balaban J connectivity index is 1.93. The lowest BCUT2D eigenvalue weighted by Crippen LogP contribution is -2.39. The number of amides is 2. The first kappa shape index (κ1) is 13.3. The molecule has 2 aliphatic heterocycles. The lowest BCUT2D eigenvalue weighted by atomic mass is 10.1. The number of likely N-dealkylation sites (tertiary alicyclic amines) is 2. The Kier molecular flexibility index (Phi) is 4.22. The monoisotopic (exact) mass is 254 g/mol. The number of hydrogen-bond acceptors (Lipinski definition) is 3. The second-order valence-electron chi connectivity index (χ2n) is 5.28. The van der Waals surface area contributed by atoms with Crippen molar-refractivity contribution in [3.8, 4) is 0 Å². The van der Waals surface area contributed by atoms with Gasteiger partial charge in [0.1, 0.15) is 0 Å². The van der Waals surface area contributed by atoms with Gasteiger partial charge in [-0.05, 0) is 19.8 Å². The van der Waals surface area contributed by atoms with Gasteiger partial charge in [0, 0.05) is 33.2 Å². The van der Waals surface area contributed by atoms with E-state index < -0.39 is 0 Å². The predicted octanol–water partition coefficient (Wildman–Crippen LogP) is 0.492. The molecular formula is C13H22N2O3.